The Hall–Kier alpha value is -1.90. The fourth-order valence-corrected chi connectivity index (χ4v) is 3.35. The molecular formula is C13H19FN2O6. The van der Waals surface area contributed by atoms with Crippen molar-refractivity contribution in [3.63, 3.8) is 0 Å². The van der Waals surface area contributed by atoms with E-state index in [-0.39, 0.29) is 6.42 Å². The number of halogens is 1. The number of nitrogens with two attached hydrogens (primary N) is 1. The minimum Gasteiger partial charge on any atom is -0.479 e. The van der Waals surface area contributed by atoms with E-state index in [4.69, 9.17) is 15.6 Å². The summed E-state index contributed by atoms with van der Waals surface area (Å²) in [6, 6.07) is -1.10. The lowest BCUT2D eigenvalue weighted by Crippen LogP contribution is -2.66. The molecule has 0 unspecified atom stereocenters. The molecule has 124 valence electrons. The van der Waals surface area contributed by atoms with Crippen molar-refractivity contribution < 1.29 is 33.7 Å². The molecule has 0 aromatic rings. The van der Waals surface area contributed by atoms with Crippen LogP contribution in [-0.4, -0.2) is 51.1 Å². The van der Waals surface area contributed by atoms with Gasteiger partial charge in [-0.2, -0.15) is 0 Å². The van der Waals surface area contributed by atoms with Crippen LogP contribution < -0.4 is 11.1 Å². The van der Waals surface area contributed by atoms with Crippen LogP contribution in [0.5, 0.6) is 0 Å². The van der Waals surface area contributed by atoms with Crippen LogP contribution in [0, 0.1) is 11.8 Å². The number of nitrogens with one attached hydrogen (secondary N) is 1. The number of carboxylic acid groups (broad SMARTS) is 2. The highest BCUT2D eigenvalue weighted by Gasteiger charge is 2.85. The van der Waals surface area contributed by atoms with Gasteiger partial charge in [0.1, 0.15) is 5.60 Å². The molecule has 0 spiro atoms. The standard InChI is InChI=1S/C13H19FN2O6/c1-11(2,3)22-10(21)16-13(9(19)20)6(15)4-5-7(13)12(5,14)8(17)18/h5-7H,4,15H2,1-3H3,(H,16,21)(H,17,18)(H,19,20)/t5-,6-,7+,12-,13+/m1/s1. The molecule has 2 aliphatic rings. The maximum Gasteiger partial charge on any atom is 0.408 e. The monoisotopic (exact) mass is 318 g/mol. The predicted octanol–water partition coefficient (Wildman–Crippen LogP) is 0.104. The molecule has 0 radical (unpaired) electrons. The molecule has 2 aliphatic carbocycles. The largest absolute Gasteiger partial charge is 0.479 e. The molecule has 1 amide bonds. The van der Waals surface area contributed by atoms with Crippen molar-refractivity contribution in [3.05, 3.63) is 0 Å². The summed E-state index contributed by atoms with van der Waals surface area (Å²) in [5, 5.41) is 20.6. The molecule has 9 heteroatoms. The van der Waals surface area contributed by atoms with Crippen LogP contribution in [0.2, 0.25) is 0 Å². The summed E-state index contributed by atoms with van der Waals surface area (Å²) in [6.07, 6.45) is -1.22. The van der Waals surface area contributed by atoms with E-state index >= 15 is 0 Å². The van der Waals surface area contributed by atoms with E-state index in [1.807, 2.05) is 0 Å². The number of fused-ring (bicyclic) bond motifs is 1. The van der Waals surface area contributed by atoms with E-state index in [0.29, 0.717) is 0 Å². The highest BCUT2D eigenvalue weighted by atomic mass is 19.1. The van der Waals surface area contributed by atoms with E-state index in [2.05, 4.69) is 5.32 Å². The Labute approximate surface area is 125 Å². The van der Waals surface area contributed by atoms with E-state index < -0.39 is 52.7 Å². The average Bonchev–Trinajstić information content (AvgIpc) is 2.76. The van der Waals surface area contributed by atoms with Gasteiger partial charge in [-0.05, 0) is 27.2 Å². The van der Waals surface area contributed by atoms with Gasteiger partial charge < -0.3 is 26.0 Å². The summed E-state index contributed by atoms with van der Waals surface area (Å²) in [5.74, 6) is -5.77. The molecule has 0 bridgehead atoms. The van der Waals surface area contributed by atoms with Gasteiger partial charge in [0.25, 0.3) is 0 Å². The summed E-state index contributed by atoms with van der Waals surface area (Å²) in [5.41, 5.74) is -0.0210. The number of carboxylic acids is 2. The maximum absolute atomic E-state index is 14.4. The minimum absolute atomic E-state index is 0.143. The summed E-state index contributed by atoms with van der Waals surface area (Å²) in [4.78, 5) is 34.6. The van der Waals surface area contributed by atoms with Crippen molar-refractivity contribution in [3.8, 4) is 0 Å². The van der Waals surface area contributed by atoms with Crippen LogP contribution in [0.1, 0.15) is 27.2 Å². The van der Waals surface area contributed by atoms with Crippen molar-refractivity contribution in [2.24, 2.45) is 17.6 Å². The predicted molar refractivity (Wildman–Crippen MR) is 70.8 cm³/mol. The summed E-state index contributed by atoms with van der Waals surface area (Å²) in [6.45, 7) is 4.72. The Morgan fingerprint density at radius 3 is 2.23 bits per heavy atom. The first-order chi connectivity index (χ1) is 9.87. The maximum atomic E-state index is 14.4. The van der Waals surface area contributed by atoms with Gasteiger partial charge in [0.2, 0.25) is 5.67 Å². The number of amides is 1. The van der Waals surface area contributed by atoms with Crippen molar-refractivity contribution in [2.45, 2.75) is 50.0 Å². The van der Waals surface area contributed by atoms with Gasteiger partial charge in [0.15, 0.2) is 5.54 Å². The first-order valence-corrected chi connectivity index (χ1v) is 6.79. The highest BCUT2D eigenvalue weighted by Crippen LogP contribution is 2.66. The van der Waals surface area contributed by atoms with Crippen molar-refractivity contribution in [1.29, 1.82) is 0 Å². The fraction of sp³-hybridized carbons (Fsp3) is 0.769. The highest BCUT2D eigenvalue weighted by molar-refractivity contribution is 5.93. The molecule has 0 aliphatic heterocycles. The Balaban J connectivity index is 2.31. The lowest BCUT2D eigenvalue weighted by Gasteiger charge is -2.34. The number of ether oxygens (including phenoxy) is 1. The zero-order valence-corrected chi connectivity index (χ0v) is 12.4. The Bertz CT molecular complexity index is 547. The quantitative estimate of drug-likeness (QED) is 0.579. The van der Waals surface area contributed by atoms with E-state index in [1.165, 1.54) is 0 Å². The van der Waals surface area contributed by atoms with Crippen molar-refractivity contribution in [2.75, 3.05) is 0 Å². The van der Waals surface area contributed by atoms with E-state index in [9.17, 15) is 23.9 Å². The van der Waals surface area contributed by atoms with Gasteiger partial charge >= 0.3 is 18.0 Å². The molecule has 8 nitrogen and oxygen atoms in total. The smallest absolute Gasteiger partial charge is 0.408 e. The van der Waals surface area contributed by atoms with Gasteiger partial charge in [-0.15, -0.1) is 0 Å². The molecule has 0 aromatic heterocycles. The van der Waals surface area contributed by atoms with Crippen LogP contribution in [-0.2, 0) is 14.3 Å². The number of carbonyl (C=O) groups is 3. The third-order valence-corrected chi connectivity index (χ3v) is 4.26. The average molecular weight is 318 g/mol. The number of rotatable bonds is 3. The Morgan fingerprint density at radius 2 is 1.82 bits per heavy atom. The summed E-state index contributed by atoms with van der Waals surface area (Å²) in [7, 11) is 0. The zero-order valence-electron chi connectivity index (χ0n) is 12.4. The number of alkyl carbamates (subject to hydrolysis) is 1. The molecule has 5 N–H and O–H groups in total. The van der Waals surface area contributed by atoms with Crippen LogP contribution >= 0.6 is 0 Å². The SMILES string of the molecule is CC(C)(C)OC(=O)N[C@@]1(C(=O)O)[C@H](N)C[C@@H]2[C@H]1[C@@]2(F)C(=O)O. The molecule has 2 rings (SSSR count). The van der Waals surface area contributed by atoms with Crippen LogP contribution in [0.25, 0.3) is 0 Å². The molecule has 0 saturated heterocycles. The van der Waals surface area contributed by atoms with E-state index in [1.54, 1.807) is 20.8 Å². The Morgan fingerprint density at radius 1 is 1.27 bits per heavy atom. The second-order valence-electron chi connectivity index (χ2n) is 6.80. The Kier molecular flexibility index (Phi) is 3.40. The second-order valence-corrected chi connectivity index (χ2v) is 6.80. The second kappa shape index (κ2) is 4.55. The van der Waals surface area contributed by atoms with Gasteiger partial charge in [0.05, 0.1) is 0 Å². The van der Waals surface area contributed by atoms with Gasteiger partial charge in [-0.3, -0.25) is 0 Å². The molecule has 2 fully saturated rings. The number of hydrogen-bond donors (Lipinski definition) is 4. The van der Waals surface area contributed by atoms with Crippen LogP contribution in [0.4, 0.5) is 9.18 Å². The van der Waals surface area contributed by atoms with Gasteiger partial charge in [-0.25, -0.2) is 18.8 Å². The molecule has 2 saturated carbocycles. The third-order valence-electron chi connectivity index (χ3n) is 4.26. The zero-order chi connectivity index (χ0) is 17.1. The molecule has 22 heavy (non-hydrogen) atoms. The fourth-order valence-electron chi connectivity index (χ4n) is 3.35. The van der Waals surface area contributed by atoms with Crippen LogP contribution in [0.3, 0.4) is 0 Å². The van der Waals surface area contributed by atoms with Crippen molar-refractivity contribution >= 4 is 18.0 Å². The van der Waals surface area contributed by atoms with Gasteiger partial charge in [0, 0.05) is 17.9 Å². The number of carbonyl (C=O) groups excluding carboxylic acids is 1. The third kappa shape index (κ3) is 2.11. The summed E-state index contributed by atoms with van der Waals surface area (Å²) >= 11 is 0. The number of alkyl halides is 1. The number of aliphatic carboxylic acids is 2. The number of hydrogen-bond acceptors (Lipinski definition) is 5. The van der Waals surface area contributed by atoms with Crippen molar-refractivity contribution in [1.82, 2.24) is 5.32 Å². The molecule has 0 heterocycles. The molecule has 0 aromatic carbocycles. The minimum atomic E-state index is -2.69. The summed E-state index contributed by atoms with van der Waals surface area (Å²) < 4.78 is 19.4. The first kappa shape index (κ1) is 16.5. The lowest BCUT2D eigenvalue weighted by molar-refractivity contribution is -0.151. The topological polar surface area (TPSA) is 139 Å². The van der Waals surface area contributed by atoms with Gasteiger partial charge in [-0.1, -0.05) is 0 Å². The molecular weight excluding hydrogens is 299 g/mol. The van der Waals surface area contributed by atoms with Crippen LogP contribution in [0.15, 0.2) is 0 Å². The first-order valence-electron chi connectivity index (χ1n) is 6.79. The normalized spacial score (nSPS) is 39.8. The lowest BCUT2D eigenvalue weighted by atomic mass is 9.85. The molecule has 5 atom stereocenters. The van der Waals surface area contributed by atoms with E-state index in [0.717, 1.165) is 0 Å².